The Morgan fingerprint density at radius 1 is 1.88 bits per heavy atom. The molecule has 0 rings (SSSR count). The highest BCUT2D eigenvalue weighted by Gasteiger charge is 1.91. The number of rotatable bonds is 4. The molecule has 0 amide bonds. The minimum absolute atomic E-state index is 0.108. The van der Waals surface area contributed by atoms with Gasteiger partial charge in [-0.05, 0) is 0 Å². The summed E-state index contributed by atoms with van der Waals surface area (Å²) >= 11 is 0. The van der Waals surface area contributed by atoms with Gasteiger partial charge in [0.2, 0.25) is 6.54 Å². The SMILES string of the molecule is C=COCC[N+](=O)[O-]. The molecular weight excluding hydrogens is 110 g/mol. The molecule has 0 radical (unpaired) electrons. The van der Waals surface area contributed by atoms with E-state index in [-0.39, 0.29) is 13.2 Å². The van der Waals surface area contributed by atoms with Gasteiger partial charge in [0.25, 0.3) is 0 Å². The Bertz CT molecular complexity index is 91.3. The van der Waals surface area contributed by atoms with Crippen molar-refractivity contribution in [2.24, 2.45) is 0 Å². The van der Waals surface area contributed by atoms with Crippen LogP contribution in [0.2, 0.25) is 0 Å². The van der Waals surface area contributed by atoms with Crippen LogP contribution in [0.5, 0.6) is 0 Å². The predicted molar refractivity (Wildman–Crippen MR) is 28.0 cm³/mol. The summed E-state index contributed by atoms with van der Waals surface area (Å²) in [5, 5.41) is 9.57. The normalized spacial score (nSPS) is 8.00. The Labute approximate surface area is 46.9 Å². The summed E-state index contributed by atoms with van der Waals surface area (Å²) in [5.74, 6) is 0. The Morgan fingerprint density at radius 2 is 2.50 bits per heavy atom. The molecule has 4 heteroatoms. The van der Waals surface area contributed by atoms with E-state index in [0.29, 0.717) is 0 Å². The summed E-state index contributed by atoms with van der Waals surface area (Å²) in [7, 11) is 0. The van der Waals surface area contributed by atoms with Crippen molar-refractivity contribution in [1.82, 2.24) is 0 Å². The highest BCUT2D eigenvalue weighted by molar-refractivity contribution is 4.47. The van der Waals surface area contributed by atoms with Crippen LogP contribution in [0.1, 0.15) is 0 Å². The average molecular weight is 117 g/mol. The summed E-state index contributed by atoms with van der Waals surface area (Å²) in [6.07, 6.45) is 1.18. The molecule has 0 aromatic rings. The molecule has 0 spiro atoms. The zero-order chi connectivity index (χ0) is 6.41. The zero-order valence-electron chi connectivity index (χ0n) is 4.37. The third kappa shape index (κ3) is 4.94. The van der Waals surface area contributed by atoms with Gasteiger partial charge in [-0.2, -0.15) is 0 Å². The smallest absolute Gasteiger partial charge is 0.237 e. The van der Waals surface area contributed by atoms with E-state index in [4.69, 9.17) is 0 Å². The lowest BCUT2D eigenvalue weighted by Gasteiger charge is -1.91. The lowest BCUT2D eigenvalue weighted by atomic mass is 10.7. The highest BCUT2D eigenvalue weighted by atomic mass is 16.6. The first-order chi connectivity index (χ1) is 3.77. The van der Waals surface area contributed by atoms with Crippen LogP contribution in [-0.4, -0.2) is 18.1 Å². The molecule has 0 fully saturated rings. The maximum Gasteiger partial charge on any atom is 0.237 e. The van der Waals surface area contributed by atoms with Gasteiger partial charge in [0.05, 0.1) is 6.26 Å². The summed E-state index contributed by atoms with van der Waals surface area (Å²) in [5.41, 5.74) is 0. The van der Waals surface area contributed by atoms with Crippen LogP contribution < -0.4 is 0 Å². The summed E-state index contributed by atoms with van der Waals surface area (Å²) in [4.78, 5) is 9.12. The average Bonchev–Trinajstić information content (AvgIpc) is 1.66. The van der Waals surface area contributed by atoms with Crippen LogP contribution >= 0.6 is 0 Å². The zero-order valence-corrected chi connectivity index (χ0v) is 4.37. The van der Waals surface area contributed by atoms with Crippen LogP contribution in [0, 0.1) is 10.1 Å². The van der Waals surface area contributed by atoms with Crippen molar-refractivity contribution in [3.8, 4) is 0 Å². The molecule has 4 nitrogen and oxygen atoms in total. The van der Waals surface area contributed by atoms with Gasteiger partial charge >= 0.3 is 0 Å². The highest BCUT2D eigenvalue weighted by Crippen LogP contribution is 1.73. The quantitative estimate of drug-likeness (QED) is 0.232. The van der Waals surface area contributed by atoms with Crippen molar-refractivity contribution < 1.29 is 9.66 Å². The van der Waals surface area contributed by atoms with E-state index in [0.717, 1.165) is 0 Å². The molecule has 0 bridgehead atoms. The first-order valence-electron chi connectivity index (χ1n) is 2.11. The topological polar surface area (TPSA) is 52.4 Å². The maximum absolute atomic E-state index is 9.57. The fraction of sp³-hybridized carbons (Fsp3) is 0.500. The number of hydrogen-bond acceptors (Lipinski definition) is 3. The van der Waals surface area contributed by atoms with Gasteiger partial charge in [0.15, 0.2) is 6.61 Å². The van der Waals surface area contributed by atoms with Gasteiger partial charge in [0.1, 0.15) is 0 Å². The fourth-order valence-corrected chi connectivity index (χ4v) is 0.211. The molecule has 0 saturated heterocycles. The van der Waals surface area contributed by atoms with Crippen LogP contribution in [-0.2, 0) is 4.74 Å². The third-order valence-electron chi connectivity index (χ3n) is 0.510. The second-order valence-corrected chi connectivity index (χ2v) is 1.09. The molecule has 0 unspecified atom stereocenters. The Hall–Kier alpha value is -1.06. The van der Waals surface area contributed by atoms with Crippen LogP contribution in [0.25, 0.3) is 0 Å². The van der Waals surface area contributed by atoms with E-state index in [9.17, 15) is 10.1 Å². The standard InChI is InChI=1S/C4H7NO3/c1-2-8-4-3-5(6)7/h2H,1,3-4H2. The van der Waals surface area contributed by atoms with Crippen molar-refractivity contribution in [1.29, 1.82) is 0 Å². The molecule has 0 aromatic heterocycles. The third-order valence-corrected chi connectivity index (χ3v) is 0.510. The van der Waals surface area contributed by atoms with Crippen molar-refractivity contribution in [3.05, 3.63) is 23.0 Å². The van der Waals surface area contributed by atoms with Crippen molar-refractivity contribution >= 4 is 0 Å². The van der Waals surface area contributed by atoms with E-state index < -0.39 is 4.92 Å². The van der Waals surface area contributed by atoms with Gasteiger partial charge in [0, 0.05) is 4.92 Å². The molecule has 0 saturated carbocycles. The van der Waals surface area contributed by atoms with Crippen LogP contribution in [0.4, 0.5) is 0 Å². The summed E-state index contributed by atoms with van der Waals surface area (Å²) < 4.78 is 4.47. The van der Waals surface area contributed by atoms with Gasteiger partial charge in [-0.15, -0.1) is 0 Å². The molecule has 46 valence electrons. The van der Waals surface area contributed by atoms with Crippen LogP contribution in [0.15, 0.2) is 12.8 Å². The molecule has 8 heavy (non-hydrogen) atoms. The monoisotopic (exact) mass is 117 g/mol. The maximum atomic E-state index is 9.57. The number of nitrogens with zero attached hydrogens (tertiary/aromatic N) is 1. The molecule has 0 atom stereocenters. The number of ether oxygens (including phenoxy) is 1. The minimum atomic E-state index is -0.441. The molecular formula is C4H7NO3. The van der Waals surface area contributed by atoms with Crippen LogP contribution in [0.3, 0.4) is 0 Å². The van der Waals surface area contributed by atoms with E-state index >= 15 is 0 Å². The van der Waals surface area contributed by atoms with Gasteiger partial charge in [-0.25, -0.2) is 0 Å². The fourth-order valence-electron chi connectivity index (χ4n) is 0.211. The van der Waals surface area contributed by atoms with Gasteiger partial charge in [-0.3, -0.25) is 10.1 Å². The molecule has 0 aromatic carbocycles. The van der Waals surface area contributed by atoms with Crippen molar-refractivity contribution in [3.63, 3.8) is 0 Å². The molecule has 0 aliphatic heterocycles. The van der Waals surface area contributed by atoms with Crippen molar-refractivity contribution in [2.75, 3.05) is 13.2 Å². The minimum Gasteiger partial charge on any atom is -0.495 e. The van der Waals surface area contributed by atoms with E-state index in [1.807, 2.05) is 0 Å². The Morgan fingerprint density at radius 3 is 2.88 bits per heavy atom. The Balaban J connectivity index is 2.93. The molecule has 0 N–H and O–H groups in total. The molecule has 0 heterocycles. The molecule has 0 aliphatic carbocycles. The predicted octanol–water partition coefficient (Wildman–Crippen LogP) is 0.423. The Kier molecular flexibility index (Phi) is 3.56. The van der Waals surface area contributed by atoms with Gasteiger partial charge in [-0.1, -0.05) is 6.58 Å². The van der Waals surface area contributed by atoms with E-state index in [2.05, 4.69) is 11.3 Å². The lowest BCUT2D eigenvalue weighted by Crippen LogP contribution is -2.05. The van der Waals surface area contributed by atoms with Gasteiger partial charge < -0.3 is 4.74 Å². The number of nitro groups is 1. The lowest BCUT2D eigenvalue weighted by molar-refractivity contribution is -0.482. The largest absolute Gasteiger partial charge is 0.495 e. The summed E-state index contributed by atoms with van der Waals surface area (Å²) in [6, 6.07) is 0. The first kappa shape index (κ1) is 6.94. The second kappa shape index (κ2) is 4.11. The number of hydrogen-bond donors (Lipinski definition) is 0. The van der Waals surface area contributed by atoms with E-state index in [1.54, 1.807) is 0 Å². The van der Waals surface area contributed by atoms with E-state index in [1.165, 1.54) is 6.26 Å². The first-order valence-corrected chi connectivity index (χ1v) is 2.11. The van der Waals surface area contributed by atoms with Crippen molar-refractivity contribution in [2.45, 2.75) is 0 Å². The summed E-state index contributed by atoms with van der Waals surface area (Å²) in [6.45, 7) is 3.16. The second-order valence-electron chi connectivity index (χ2n) is 1.09. The molecule has 0 aliphatic rings.